The second kappa shape index (κ2) is 10.8. The Bertz CT molecular complexity index is 1420. The fraction of sp³-hybridized carbons (Fsp3) is 0.200. The average Bonchev–Trinajstić information content (AvgIpc) is 2.80. The van der Waals surface area contributed by atoms with Crippen LogP contribution in [0.1, 0.15) is 36.7 Å². The van der Waals surface area contributed by atoms with E-state index >= 15 is 0 Å². The van der Waals surface area contributed by atoms with Crippen molar-refractivity contribution in [2.45, 2.75) is 26.2 Å². The van der Waals surface area contributed by atoms with Crippen LogP contribution in [0.4, 0.5) is 30.6 Å². The Morgan fingerprint density at radius 2 is 1.49 bits per heavy atom. The molecule has 4 N–H and O–H groups in total. The van der Waals surface area contributed by atoms with E-state index in [1.165, 1.54) is 25.3 Å². The zero-order valence-corrected chi connectivity index (χ0v) is 21.3. The number of carbonyl (C=O) groups is 2. The van der Waals surface area contributed by atoms with Gasteiger partial charge in [0.25, 0.3) is 5.91 Å². The minimum Gasteiger partial charge on any atom is -0.495 e. The molecule has 0 spiro atoms. The molecule has 0 radical (unpaired) electrons. The summed E-state index contributed by atoms with van der Waals surface area (Å²) < 4.78 is 60.8. The number of benzene rings is 3. The first-order valence-electron chi connectivity index (χ1n) is 10.9. The van der Waals surface area contributed by atoms with Crippen molar-refractivity contribution in [3.05, 3.63) is 83.4 Å². The van der Waals surface area contributed by atoms with Crippen LogP contribution in [-0.2, 0) is 15.6 Å². The van der Waals surface area contributed by atoms with Crippen molar-refractivity contribution in [2.75, 3.05) is 22.5 Å². The molecule has 9 nitrogen and oxygen atoms in total. The topological polar surface area (TPSA) is 126 Å². The summed E-state index contributed by atoms with van der Waals surface area (Å²) in [5, 5.41) is 4.82. The summed E-state index contributed by atoms with van der Waals surface area (Å²) in [4.78, 5) is 24.9. The lowest BCUT2D eigenvalue weighted by molar-refractivity contribution is 0.102. The summed E-state index contributed by atoms with van der Waals surface area (Å²) in [5.41, 5.74) is 1.16. The first-order chi connectivity index (χ1) is 17.3. The van der Waals surface area contributed by atoms with Crippen LogP contribution in [0.2, 0.25) is 0 Å². The molecule has 3 amide bonds. The molecule has 196 valence electrons. The molecule has 0 aliphatic rings. The van der Waals surface area contributed by atoms with Gasteiger partial charge < -0.3 is 15.4 Å². The normalized spacial score (nSPS) is 11.4. The number of hydrogen-bond acceptors (Lipinski definition) is 5. The van der Waals surface area contributed by atoms with Crippen LogP contribution >= 0.6 is 0 Å². The maximum atomic E-state index is 13.4. The second-order valence-electron chi connectivity index (χ2n) is 8.99. The number of anilines is 3. The van der Waals surface area contributed by atoms with Gasteiger partial charge in [0.05, 0.1) is 12.8 Å². The Kier molecular flexibility index (Phi) is 8.02. The highest BCUT2D eigenvalue weighted by Gasteiger charge is 2.19. The van der Waals surface area contributed by atoms with Crippen LogP contribution in [0.25, 0.3) is 0 Å². The number of ether oxygens (including phenoxy) is 1. The molecule has 3 aromatic carbocycles. The molecular formula is C25H26F2N4O5S. The van der Waals surface area contributed by atoms with E-state index in [1.54, 1.807) is 12.1 Å². The van der Waals surface area contributed by atoms with Crippen molar-refractivity contribution in [3.63, 3.8) is 0 Å². The summed E-state index contributed by atoms with van der Waals surface area (Å²) in [6, 6.07) is 12.6. The number of rotatable bonds is 7. The maximum absolute atomic E-state index is 13.4. The smallest absolute Gasteiger partial charge is 0.334 e. The second-order valence-corrected chi connectivity index (χ2v) is 10.4. The standard InChI is InChI=1S/C25H26F2N4O5S/c1-25(2,3)16-6-8-17(9-7-16)29-24(33)31-37(34,35)30-21-13-15(5-12-22(21)36-4)23(32)28-18-10-11-19(26)20(27)14-18/h5-14,30H,1-4H3,(H,28,32)(H2,29,31,33). The van der Waals surface area contributed by atoms with Gasteiger partial charge in [0, 0.05) is 23.0 Å². The van der Waals surface area contributed by atoms with Crippen LogP contribution in [0.3, 0.4) is 0 Å². The zero-order valence-electron chi connectivity index (χ0n) is 20.5. The van der Waals surface area contributed by atoms with E-state index in [9.17, 15) is 26.8 Å². The first kappa shape index (κ1) is 27.4. The summed E-state index contributed by atoms with van der Waals surface area (Å²) >= 11 is 0. The summed E-state index contributed by atoms with van der Waals surface area (Å²) in [6.07, 6.45) is 0. The van der Waals surface area contributed by atoms with Crippen molar-refractivity contribution in [1.29, 1.82) is 0 Å². The monoisotopic (exact) mass is 532 g/mol. The van der Waals surface area contributed by atoms with Crippen molar-refractivity contribution in [2.24, 2.45) is 0 Å². The molecule has 0 unspecified atom stereocenters. The van der Waals surface area contributed by atoms with Crippen LogP contribution in [0, 0.1) is 11.6 Å². The fourth-order valence-electron chi connectivity index (χ4n) is 3.21. The van der Waals surface area contributed by atoms with Gasteiger partial charge in [-0.25, -0.2) is 18.3 Å². The van der Waals surface area contributed by atoms with Crippen LogP contribution < -0.4 is 24.8 Å². The maximum Gasteiger partial charge on any atom is 0.334 e. The highest BCUT2D eigenvalue weighted by Crippen LogP contribution is 2.27. The van der Waals surface area contributed by atoms with Crippen molar-refractivity contribution < 1.29 is 31.5 Å². The first-order valence-corrected chi connectivity index (χ1v) is 12.4. The van der Waals surface area contributed by atoms with Crippen molar-refractivity contribution >= 4 is 39.2 Å². The molecule has 0 aromatic heterocycles. The molecule has 0 saturated heterocycles. The highest BCUT2D eigenvalue weighted by molar-refractivity contribution is 7.91. The number of nitrogens with one attached hydrogen (secondary N) is 4. The Balaban J connectivity index is 1.71. The molecule has 37 heavy (non-hydrogen) atoms. The van der Waals surface area contributed by atoms with Gasteiger partial charge in [0.15, 0.2) is 11.6 Å². The van der Waals surface area contributed by atoms with Gasteiger partial charge >= 0.3 is 16.2 Å². The quantitative estimate of drug-likeness (QED) is 0.341. The summed E-state index contributed by atoms with van der Waals surface area (Å²) in [7, 11) is -3.16. The molecule has 0 bridgehead atoms. The SMILES string of the molecule is COc1ccc(C(=O)Nc2ccc(F)c(F)c2)cc1NS(=O)(=O)NC(=O)Nc1ccc(C(C)(C)C)cc1. The van der Waals surface area contributed by atoms with E-state index in [2.05, 4.69) is 15.4 Å². The Morgan fingerprint density at radius 3 is 2.08 bits per heavy atom. The number of halogens is 2. The number of methoxy groups -OCH3 is 1. The molecule has 12 heteroatoms. The molecule has 3 aromatic rings. The van der Waals surface area contributed by atoms with Crippen molar-refractivity contribution in [3.8, 4) is 5.75 Å². The van der Waals surface area contributed by atoms with E-state index < -0.39 is 33.8 Å². The van der Waals surface area contributed by atoms with Crippen LogP contribution in [0.15, 0.2) is 60.7 Å². The van der Waals surface area contributed by atoms with E-state index in [4.69, 9.17) is 4.74 Å². The minimum atomic E-state index is -4.44. The van der Waals surface area contributed by atoms with E-state index in [0.717, 1.165) is 23.8 Å². The van der Waals surface area contributed by atoms with Gasteiger partial charge in [0.1, 0.15) is 5.75 Å². The number of amides is 3. The van der Waals surface area contributed by atoms with E-state index in [0.29, 0.717) is 5.69 Å². The van der Waals surface area contributed by atoms with E-state index in [1.807, 2.05) is 37.6 Å². The summed E-state index contributed by atoms with van der Waals surface area (Å²) in [6.45, 7) is 6.11. The molecule has 0 heterocycles. The lowest BCUT2D eigenvalue weighted by Gasteiger charge is -2.19. The number of carbonyl (C=O) groups excluding carboxylic acids is 2. The third-order valence-corrected chi connectivity index (χ3v) is 6.06. The minimum absolute atomic E-state index is 0.00396. The Labute approximate surface area is 213 Å². The van der Waals surface area contributed by atoms with Crippen LogP contribution in [0.5, 0.6) is 5.75 Å². The van der Waals surface area contributed by atoms with Gasteiger partial charge in [-0.1, -0.05) is 32.9 Å². The molecule has 0 fully saturated rings. The van der Waals surface area contributed by atoms with E-state index in [-0.39, 0.29) is 28.1 Å². The number of hydrogen-bond donors (Lipinski definition) is 4. The number of urea groups is 1. The molecule has 3 rings (SSSR count). The fourth-order valence-corrected chi connectivity index (χ4v) is 4.00. The largest absolute Gasteiger partial charge is 0.495 e. The lowest BCUT2D eigenvalue weighted by Crippen LogP contribution is -2.38. The predicted molar refractivity (Wildman–Crippen MR) is 137 cm³/mol. The molecule has 0 aliphatic carbocycles. The van der Waals surface area contributed by atoms with Gasteiger partial charge in [-0.2, -0.15) is 8.42 Å². The van der Waals surface area contributed by atoms with Gasteiger partial charge in [0.2, 0.25) is 0 Å². The Hall–Kier alpha value is -4.19. The van der Waals surface area contributed by atoms with Crippen molar-refractivity contribution in [1.82, 2.24) is 4.72 Å². The highest BCUT2D eigenvalue weighted by atomic mass is 32.2. The van der Waals surface area contributed by atoms with Gasteiger partial charge in [-0.15, -0.1) is 0 Å². The zero-order chi connectivity index (χ0) is 27.4. The third kappa shape index (κ3) is 7.40. The Morgan fingerprint density at radius 1 is 0.838 bits per heavy atom. The van der Waals surface area contributed by atoms with Gasteiger partial charge in [-0.05, 0) is 53.4 Å². The predicted octanol–water partition coefficient (Wildman–Crippen LogP) is 5.00. The lowest BCUT2D eigenvalue weighted by atomic mass is 9.87. The summed E-state index contributed by atoms with van der Waals surface area (Å²) in [5.74, 6) is -2.88. The molecule has 0 saturated carbocycles. The van der Waals surface area contributed by atoms with Crippen LogP contribution in [-0.4, -0.2) is 27.5 Å². The van der Waals surface area contributed by atoms with Gasteiger partial charge in [-0.3, -0.25) is 9.52 Å². The third-order valence-electron chi connectivity index (χ3n) is 5.12. The molecular weight excluding hydrogens is 506 g/mol. The average molecular weight is 533 g/mol. The molecule has 0 atom stereocenters. The molecule has 0 aliphatic heterocycles.